The summed E-state index contributed by atoms with van der Waals surface area (Å²) in [6.07, 6.45) is 0.410. The van der Waals surface area contributed by atoms with Crippen LogP contribution >= 0.6 is 0 Å². The summed E-state index contributed by atoms with van der Waals surface area (Å²) in [5.74, 6) is -3.57. The van der Waals surface area contributed by atoms with Gasteiger partial charge in [-0.3, -0.25) is 9.59 Å². The minimum Gasteiger partial charge on any atom is -0.481 e. The first-order chi connectivity index (χ1) is 6.45. The Morgan fingerprint density at radius 3 is 2.29 bits per heavy atom. The van der Waals surface area contributed by atoms with Crippen LogP contribution in [-0.2, 0) is 9.59 Å². The van der Waals surface area contributed by atoms with E-state index in [-0.39, 0.29) is 6.04 Å². The van der Waals surface area contributed by atoms with Gasteiger partial charge in [-0.1, -0.05) is 0 Å². The lowest BCUT2D eigenvalue weighted by Crippen LogP contribution is -2.50. The lowest BCUT2D eigenvalue weighted by atomic mass is 9.80. The summed E-state index contributed by atoms with van der Waals surface area (Å²) in [7, 11) is 1.82. The number of nitrogens with zero attached hydrogens (tertiary/aromatic N) is 1. The van der Waals surface area contributed by atoms with Crippen LogP contribution in [0.4, 0.5) is 0 Å². The van der Waals surface area contributed by atoms with Gasteiger partial charge in [0.2, 0.25) is 0 Å². The number of carboxylic acid groups (broad SMARTS) is 2. The third-order valence-corrected chi connectivity index (χ3v) is 3.04. The van der Waals surface area contributed by atoms with Crippen molar-refractivity contribution in [3.8, 4) is 0 Å². The van der Waals surface area contributed by atoms with E-state index in [4.69, 9.17) is 10.2 Å². The van der Waals surface area contributed by atoms with Gasteiger partial charge >= 0.3 is 11.9 Å². The molecule has 1 heterocycles. The normalized spacial score (nSPS) is 34.0. The van der Waals surface area contributed by atoms with Crippen molar-refractivity contribution in [2.45, 2.75) is 19.4 Å². The van der Waals surface area contributed by atoms with Crippen molar-refractivity contribution in [1.29, 1.82) is 0 Å². The number of carbonyl (C=O) groups is 2. The number of carboxylic acids is 2. The van der Waals surface area contributed by atoms with Crippen LogP contribution in [-0.4, -0.2) is 46.7 Å². The molecule has 1 aliphatic rings. The Morgan fingerprint density at radius 2 is 1.86 bits per heavy atom. The summed E-state index contributed by atoms with van der Waals surface area (Å²) in [6.45, 7) is 2.40. The van der Waals surface area contributed by atoms with Crippen LogP contribution in [0.1, 0.15) is 13.3 Å². The Balaban J connectivity index is 2.87. The number of aliphatic carboxylic acids is 2. The molecule has 0 spiro atoms. The van der Waals surface area contributed by atoms with E-state index in [9.17, 15) is 9.59 Å². The van der Waals surface area contributed by atoms with E-state index in [1.807, 2.05) is 11.9 Å². The summed E-state index contributed by atoms with van der Waals surface area (Å²) in [5.41, 5.74) is 0. The van der Waals surface area contributed by atoms with Gasteiger partial charge in [-0.2, -0.15) is 0 Å². The third kappa shape index (κ3) is 1.87. The summed E-state index contributed by atoms with van der Waals surface area (Å²) in [6, 6.07) is -0.220. The molecule has 0 saturated carbocycles. The SMILES string of the molecule is CC1C(C(=O)O)C(C(=O)O)CCN1C. The molecule has 80 valence electrons. The van der Waals surface area contributed by atoms with Crippen molar-refractivity contribution < 1.29 is 19.8 Å². The van der Waals surface area contributed by atoms with Crippen LogP contribution < -0.4 is 0 Å². The van der Waals surface area contributed by atoms with E-state index in [1.54, 1.807) is 6.92 Å². The second kappa shape index (κ2) is 3.96. The van der Waals surface area contributed by atoms with E-state index < -0.39 is 23.8 Å². The van der Waals surface area contributed by atoms with Crippen LogP contribution in [0.25, 0.3) is 0 Å². The largest absolute Gasteiger partial charge is 0.481 e. The predicted octanol–water partition coefficient (Wildman–Crippen LogP) is 0.112. The molecule has 0 bridgehead atoms. The van der Waals surface area contributed by atoms with Crippen molar-refractivity contribution in [2.24, 2.45) is 11.8 Å². The second-order valence-corrected chi connectivity index (χ2v) is 3.82. The molecular weight excluding hydrogens is 186 g/mol. The first kappa shape index (κ1) is 11.0. The Morgan fingerprint density at radius 1 is 1.29 bits per heavy atom. The molecule has 1 rings (SSSR count). The summed E-state index contributed by atoms with van der Waals surface area (Å²) < 4.78 is 0. The van der Waals surface area contributed by atoms with Gasteiger partial charge < -0.3 is 15.1 Å². The van der Waals surface area contributed by atoms with Crippen LogP contribution in [0.15, 0.2) is 0 Å². The molecule has 0 radical (unpaired) electrons. The van der Waals surface area contributed by atoms with Gasteiger partial charge in [0.15, 0.2) is 0 Å². The zero-order chi connectivity index (χ0) is 10.9. The molecule has 3 unspecified atom stereocenters. The van der Waals surface area contributed by atoms with Gasteiger partial charge in [-0.05, 0) is 26.9 Å². The Kier molecular flexibility index (Phi) is 3.10. The number of rotatable bonds is 2. The molecular formula is C9H15NO4. The van der Waals surface area contributed by atoms with Crippen molar-refractivity contribution in [3.05, 3.63) is 0 Å². The average molecular weight is 201 g/mol. The zero-order valence-corrected chi connectivity index (χ0v) is 8.30. The highest BCUT2D eigenvalue weighted by atomic mass is 16.4. The van der Waals surface area contributed by atoms with Crippen LogP contribution in [0.5, 0.6) is 0 Å². The molecule has 5 heteroatoms. The first-order valence-corrected chi connectivity index (χ1v) is 4.61. The average Bonchev–Trinajstić information content (AvgIpc) is 2.08. The Labute approximate surface area is 82.3 Å². The number of hydrogen-bond donors (Lipinski definition) is 2. The van der Waals surface area contributed by atoms with Crippen molar-refractivity contribution in [3.63, 3.8) is 0 Å². The molecule has 1 aliphatic heterocycles. The van der Waals surface area contributed by atoms with Crippen LogP contribution in [0, 0.1) is 11.8 Å². The molecule has 0 amide bonds. The molecule has 0 aromatic rings. The summed E-state index contributed by atoms with van der Waals surface area (Å²) in [4.78, 5) is 23.7. The molecule has 0 aliphatic carbocycles. The van der Waals surface area contributed by atoms with Gasteiger partial charge in [-0.15, -0.1) is 0 Å². The summed E-state index contributed by atoms with van der Waals surface area (Å²) >= 11 is 0. The van der Waals surface area contributed by atoms with Gasteiger partial charge in [-0.25, -0.2) is 0 Å². The molecule has 3 atom stereocenters. The van der Waals surface area contributed by atoms with Crippen LogP contribution in [0.3, 0.4) is 0 Å². The highest BCUT2D eigenvalue weighted by Gasteiger charge is 2.42. The quantitative estimate of drug-likeness (QED) is 0.663. The third-order valence-electron chi connectivity index (χ3n) is 3.04. The lowest BCUT2D eigenvalue weighted by Gasteiger charge is -2.38. The fourth-order valence-corrected chi connectivity index (χ4v) is 1.99. The van der Waals surface area contributed by atoms with Gasteiger partial charge in [0.1, 0.15) is 0 Å². The van der Waals surface area contributed by atoms with Crippen molar-refractivity contribution >= 4 is 11.9 Å². The molecule has 5 nitrogen and oxygen atoms in total. The predicted molar refractivity (Wildman–Crippen MR) is 49.0 cm³/mol. The first-order valence-electron chi connectivity index (χ1n) is 4.61. The smallest absolute Gasteiger partial charge is 0.308 e. The molecule has 2 N–H and O–H groups in total. The minimum atomic E-state index is -1.02. The Bertz CT molecular complexity index is 253. The maximum atomic E-state index is 10.9. The zero-order valence-electron chi connectivity index (χ0n) is 8.30. The molecule has 1 saturated heterocycles. The Hall–Kier alpha value is -1.10. The highest BCUT2D eigenvalue weighted by molar-refractivity contribution is 5.80. The van der Waals surface area contributed by atoms with Gasteiger partial charge in [0.25, 0.3) is 0 Å². The number of hydrogen-bond acceptors (Lipinski definition) is 3. The fraction of sp³-hybridized carbons (Fsp3) is 0.778. The maximum absolute atomic E-state index is 10.9. The monoisotopic (exact) mass is 201 g/mol. The number of piperidine rings is 1. The minimum absolute atomic E-state index is 0.220. The molecule has 1 fully saturated rings. The molecule has 0 aromatic carbocycles. The van der Waals surface area contributed by atoms with E-state index in [2.05, 4.69) is 0 Å². The van der Waals surface area contributed by atoms with E-state index in [0.717, 1.165) is 0 Å². The fourth-order valence-electron chi connectivity index (χ4n) is 1.99. The van der Waals surface area contributed by atoms with Gasteiger partial charge in [0.05, 0.1) is 11.8 Å². The summed E-state index contributed by atoms with van der Waals surface area (Å²) in [5, 5.41) is 17.8. The van der Waals surface area contributed by atoms with E-state index in [1.165, 1.54) is 0 Å². The van der Waals surface area contributed by atoms with E-state index >= 15 is 0 Å². The standard InChI is InChI=1S/C9H15NO4/c1-5-7(9(13)14)6(8(11)12)3-4-10(5)2/h5-7H,3-4H2,1-2H3,(H,11,12)(H,13,14). The topological polar surface area (TPSA) is 77.8 Å². The highest BCUT2D eigenvalue weighted by Crippen LogP contribution is 2.28. The number of likely N-dealkylation sites (tertiary alicyclic amines) is 1. The van der Waals surface area contributed by atoms with Crippen molar-refractivity contribution in [1.82, 2.24) is 4.90 Å². The van der Waals surface area contributed by atoms with Crippen LogP contribution in [0.2, 0.25) is 0 Å². The maximum Gasteiger partial charge on any atom is 0.308 e. The molecule has 14 heavy (non-hydrogen) atoms. The van der Waals surface area contributed by atoms with E-state index in [0.29, 0.717) is 13.0 Å². The lowest BCUT2D eigenvalue weighted by molar-refractivity contribution is -0.159. The molecule has 0 aromatic heterocycles. The second-order valence-electron chi connectivity index (χ2n) is 3.82. The van der Waals surface area contributed by atoms with Crippen molar-refractivity contribution in [2.75, 3.05) is 13.6 Å². The van der Waals surface area contributed by atoms with Gasteiger partial charge in [0, 0.05) is 6.04 Å².